The number of hydrogen-bond acceptors (Lipinski definition) is 3. The largest absolute Gasteiger partial charge is 0.458 e. The van der Waals surface area contributed by atoms with Crippen molar-refractivity contribution in [2.24, 2.45) is 0 Å². The fourth-order valence-corrected chi connectivity index (χ4v) is 0.923. The molecule has 0 radical (unpaired) electrons. The van der Waals surface area contributed by atoms with Gasteiger partial charge in [0.15, 0.2) is 0 Å². The van der Waals surface area contributed by atoms with Crippen molar-refractivity contribution in [1.29, 1.82) is 0 Å². The average molecular weight is 191 g/mol. The fraction of sp³-hybridized carbons (Fsp3) is 0.182. The summed E-state index contributed by atoms with van der Waals surface area (Å²) in [6.07, 6.45) is 3.60. The zero-order valence-electron chi connectivity index (χ0n) is 8.07. The maximum absolute atomic E-state index is 11.3. The Kier molecular flexibility index (Phi) is 3.73. The molecule has 3 nitrogen and oxygen atoms in total. The third kappa shape index (κ3) is 2.94. The van der Waals surface area contributed by atoms with Gasteiger partial charge in [0.25, 0.3) is 0 Å². The van der Waals surface area contributed by atoms with Gasteiger partial charge in [0.2, 0.25) is 0 Å². The molecule has 1 aromatic rings. The molecule has 0 aliphatic heterocycles. The van der Waals surface area contributed by atoms with Crippen LogP contribution in [0.1, 0.15) is 17.3 Å². The molecule has 1 rings (SSSR count). The highest BCUT2D eigenvalue weighted by Gasteiger charge is 2.04. The van der Waals surface area contributed by atoms with E-state index in [2.05, 4.69) is 0 Å². The molecule has 0 saturated heterocycles. The Labute approximate surface area is 83.2 Å². The first-order valence-corrected chi connectivity index (χ1v) is 4.38. The molecule has 2 N–H and O–H groups in total. The fourth-order valence-electron chi connectivity index (χ4n) is 0.923. The monoisotopic (exact) mass is 191 g/mol. The number of esters is 1. The summed E-state index contributed by atoms with van der Waals surface area (Å²) in [7, 11) is 0. The summed E-state index contributed by atoms with van der Waals surface area (Å²) < 4.78 is 4.94. The van der Waals surface area contributed by atoms with Gasteiger partial charge in [-0.25, -0.2) is 4.79 Å². The molecule has 0 aliphatic carbocycles. The molecule has 0 atom stereocenters. The Morgan fingerprint density at radius 3 is 2.64 bits per heavy atom. The first-order valence-electron chi connectivity index (χ1n) is 4.38. The molecule has 0 aliphatic rings. The molecular formula is C11H13NO2. The van der Waals surface area contributed by atoms with Crippen LogP contribution in [0.15, 0.2) is 36.4 Å². The van der Waals surface area contributed by atoms with Crippen molar-refractivity contribution in [3.05, 3.63) is 42.0 Å². The lowest BCUT2D eigenvalue weighted by Gasteiger charge is -2.01. The summed E-state index contributed by atoms with van der Waals surface area (Å²) in [6, 6.07) is 6.64. The molecule has 3 heteroatoms. The third-order valence-corrected chi connectivity index (χ3v) is 1.69. The lowest BCUT2D eigenvalue weighted by atomic mass is 10.2. The Bertz CT molecular complexity index is 328. The van der Waals surface area contributed by atoms with Crippen molar-refractivity contribution in [3.63, 3.8) is 0 Å². The third-order valence-electron chi connectivity index (χ3n) is 1.69. The van der Waals surface area contributed by atoms with Gasteiger partial charge < -0.3 is 10.5 Å². The lowest BCUT2D eigenvalue weighted by Crippen LogP contribution is -2.04. The van der Waals surface area contributed by atoms with E-state index in [0.29, 0.717) is 17.9 Å². The molecule has 0 aromatic heterocycles. The van der Waals surface area contributed by atoms with Gasteiger partial charge in [-0.15, -0.1) is 0 Å². The van der Waals surface area contributed by atoms with Gasteiger partial charge in [-0.2, -0.15) is 0 Å². The second-order valence-electron chi connectivity index (χ2n) is 2.79. The van der Waals surface area contributed by atoms with E-state index in [1.807, 2.05) is 13.0 Å². The number of nitrogens with two attached hydrogens (primary N) is 1. The van der Waals surface area contributed by atoms with E-state index in [-0.39, 0.29) is 5.97 Å². The van der Waals surface area contributed by atoms with E-state index < -0.39 is 0 Å². The van der Waals surface area contributed by atoms with Crippen molar-refractivity contribution in [1.82, 2.24) is 0 Å². The second-order valence-corrected chi connectivity index (χ2v) is 2.79. The second kappa shape index (κ2) is 5.07. The number of carbonyl (C=O) groups excluding carboxylic acids is 1. The number of nitrogen functional groups attached to an aromatic ring is 1. The maximum atomic E-state index is 11.3. The predicted octanol–water partition coefficient (Wildman–Crippen LogP) is 2.00. The molecule has 0 heterocycles. The Morgan fingerprint density at radius 1 is 1.43 bits per heavy atom. The smallest absolute Gasteiger partial charge is 0.338 e. The van der Waals surface area contributed by atoms with Gasteiger partial charge in [0, 0.05) is 5.69 Å². The normalized spacial score (nSPS) is 10.4. The number of benzene rings is 1. The lowest BCUT2D eigenvalue weighted by molar-refractivity contribution is 0.0549. The molecular weight excluding hydrogens is 178 g/mol. The minimum Gasteiger partial charge on any atom is -0.458 e. The zero-order valence-corrected chi connectivity index (χ0v) is 8.07. The Morgan fingerprint density at radius 2 is 2.07 bits per heavy atom. The number of rotatable bonds is 3. The highest BCUT2D eigenvalue weighted by Crippen LogP contribution is 2.06. The summed E-state index contributed by atoms with van der Waals surface area (Å²) in [5.41, 5.74) is 6.64. The van der Waals surface area contributed by atoms with Crippen LogP contribution in [0.3, 0.4) is 0 Å². The van der Waals surface area contributed by atoms with E-state index in [4.69, 9.17) is 10.5 Å². The van der Waals surface area contributed by atoms with Gasteiger partial charge >= 0.3 is 5.97 Å². The van der Waals surface area contributed by atoms with Crippen molar-refractivity contribution in [2.45, 2.75) is 6.92 Å². The van der Waals surface area contributed by atoms with Crippen LogP contribution in [0, 0.1) is 0 Å². The summed E-state index contributed by atoms with van der Waals surface area (Å²) in [5, 5.41) is 0. The van der Waals surface area contributed by atoms with Gasteiger partial charge in [-0.3, -0.25) is 0 Å². The van der Waals surface area contributed by atoms with Gasteiger partial charge in [-0.05, 0) is 31.2 Å². The van der Waals surface area contributed by atoms with E-state index in [9.17, 15) is 4.79 Å². The van der Waals surface area contributed by atoms with Crippen molar-refractivity contribution < 1.29 is 9.53 Å². The van der Waals surface area contributed by atoms with Crippen molar-refractivity contribution >= 4 is 11.7 Å². The Hall–Kier alpha value is -1.77. The van der Waals surface area contributed by atoms with Crippen molar-refractivity contribution in [2.75, 3.05) is 12.3 Å². The molecule has 0 bridgehead atoms. The van der Waals surface area contributed by atoms with Gasteiger partial charge in [-0.1, -0.05) is 12.2 Å². The molecule has 1 aromatic carbocycles. The first kappa shape index (κ1) is 10.3. The molecule has 74 valence electrons. The zero-order chi connectivity index (χ0) is 10.4. The molecule has 0 saturated carbocycles. The topological polar surface area (TPSA) is 52.3 Å². The quantitative estimate of drug-likeness (QED) is 0.451. The van der Waals surface area contributed by atoms with Crippen LogP contribution in [0.25, 0.3) is 0 Å². The summed E-state index contributed by atoms with van der Waals surface area (Å²) in [6.45, 7) is 2.18. The summed E-state index contributed by atoms with van der Waals surface area (Å²) in [5.74, 6) is -0.330. The van der Waals surface area contributed by atoms with Crippen LogP contribution in [0.2, 0.25) is 0 Å². The van der Waals surface area contributed by atoms with E-state index in [1.54, 1.807) is 30.3 Å². The minimum absolute atomic E-state index is 0.305. The van der Waals surface area contributed by atoms with E-state index in [1.165, 1.54) is 0 Å². The number of carbonyl (C=O) groups is 1. The highest BCUT2D eigenvalue weighted by atomic mass is 16.5. The number of allylic oxidation sites excluding steroid dienone is 1. The molecule has 0 unspecified atom stereocenters. The number of hydrogen-bond donors (Lipinski definition) is 1. The van der Waals surface area contributed by atoms with Crippen LogP contribution < -0.4 is 5.73 Å². The number of ether oxygens (including phenoxy) is 1. The SMILES string of the molecule is CC=CCOC(=O)c1ccc(N)cc1. The summed E-state index contributed by atoms with van der Waals surface area (Å²) in [4.78, 5) is 11.3. The van der Waals surface area contributed by atoms with Crippen molar-refractivity contribution in [3.8, 4) is 0 Å². The van der Waals surface area contributed by atoms with Crippen LogP contribution in [-0.2, 0) is 4.74 Å². The van der Waals surface area contributed by atoms with E-state index in [0.717, 1.165) is 0 Å². The van der Waals surface area contributed by atoms with Crippen LogP contribution in [0.4, 0.5) is 5.69 Å². The first-order chi connectivity index (χ1) is 6.74. The summed E-state index contributed by atoms with van der Waals surface area (Å²) >= 11 is 0. The van der Waals surface area contributed by atoms with Gasteiger partial charge in [0.05, 0.1) is 5.56 Å². The standard InChI is InChI=1S/C11H13NO2/c1-2-3-8-14-11(13)9-4-6-10(12)7-5-9/h2-7H,8,12H2,1H3. The van der Waals surface area contributed by atoms with Crippen LogP contribution >= 0.6 is 0 Å². The van der Waals surface area contributed by atoms with Gasteiger partial charge in [0.1, 0.15) is 6.61 Å². The van der Waals surface area contributed by atoms with E-state index >= 15 is 0 Å². The maximum Gasteiger partial charge on any atom is 0.338 e. The molecule has 0 fully saturated rings. The van der Waals surface area contributed by atoms with Crippen LogP contribution in [0.5, 0.6) is 0 Å². The Balaban J connectivity index is 2.56. The van der Waals surface area contributed by atoms with Crippen LogP contribution in [-0.4, -0.2) is 12.6 Å². The average Bonchev–Trinajstić information content (AvgIpc) is 2.19. The predicted molar refractivity (Wildman–Crippen MR) is 56.0 cm³/mol. The molecule has 0 amide bonds. The minimum atomic E-state index is -0.330. The highest BCUT2D eigenvalue weighted by molar-refractivity contribution is 5.89. The number of anilines is 1. The molecule has 0 spiro atoms. The molecule has 14 heavy (non-hydrogen) atoms.